The van der Waals surface area contributed by atoms with Crippen molar-refractivity contribution >= 4 is 15.7 Å². The highest BCUT2D eigenvalue weighted by molar-refractivity contribution is 7.89. The highest BCUT2D eigenvalue weighted by Crippen LogP contribution is 2.15. The van der Waals surface area contributed by atoms with Gasteiger partial charge in [-0.2, -0.15) is 0 Å². The molecule has 7 nitrogen and oxygen atoms in total. The van der Waals surface area contributed by atoms with Gasteiger partial charge in [-0.1, -0.05) is 12.1 Å². The topological polar surface area (TPSA) is 98.5 Å². The smallest absolute Gasteiger partial charge is 0.269 e. The summed E-state index contributed by atoms with van der Waals surface area (Å²) in [7, 11) is -3.72. The van der Waals surface area contributed by atoms with Crippen LogP contribution in [0.1, 0.15) is 5.56 Å². The van der Waals surface area contributed by atoms with Gasteiger partial charge in [-0.3, -0.25) is 10.1 Å². The van der Waals surface area contributed by atoms with Crippen LogP contribution < -0.4 is 9.46 Å². The Morgan fingerprint density at radius 3 is 2.48 bits per heavy atom. The summed E-state index contributed by atoms with van der Waals surface area (Å²) in [5.74, 6) is 0.666. The first-order chi connectivity index (χ1) is 10.9. The zero-order valence-corrected chi connectivity index (χ0v) is 13.2. The Labute approximate surface area is 134 Å². The number of benzene rings is 2. The van der Waals surface area contributed by atoms with Gasteiger partial charge in [0.1, 0.15) is 12.4 Å². The van der Waals surface area contributed by atoms with E-state index in [1.807, 2.05) is 25.1 Å². The van der Waals surface area contributed by atoms with E-state index in [0.29, 0.717) is 5.75 Å². The lowest BCUT2D eigenvalue weighted by atomic mass is 10.2. The molecule has 122 valence electrons. The molecule has 0 aliphatic heterocycles. The summed E-state index contributed by atoms with van der Waals surface area (Å²) in [5.41, 5.74) is 0.890. The summed E-state index contributed by atoms with van der Waals surface area (Å²) in [6.45, 7) is 2.20. The number of sulfonamides is 1. The van der Waals surface area contributed by atoms with Gasteiger partial charge < -0.3 is 4.74 Å². The Morgan fingerprint density at radius 1 is 1.17 bits per heavy atom. The molecule has 0 saturated carbocycles. The van der Waals surface area contributed by atoms with Gasteiger partial charge in [0, 0.05) is 18.7 Å². The summed E-state index contributed by atoms with van der Waals surface area (Å²) >= 11 is 0. The minimum absolute atomic E-state index is 0.0290. The maximum atomic E-state index is 12.0. The highest BCUT2D eigenvalue weighted by atomic mass is 32.2. The van der Waals surface area contributed by atoms with Gasteiger partial charge in [-0.05, 0) is 36.8 Å². The molecule has 2 rings (SSSR count). The van der Waals surface area contributed by atoms with E-state index in [2.05, 4.69) is 4.72 Å². The second-order valence-corrected chi connectivity index (χ2v) is 6.58. The lowest BCUT2D eigenvalue weighted by molar-refractivity contribution is -0.384. The molecule has 0 radical (unpaired) electrons. The van der Waals surface area contributed by atoms with Crippen LogP contribution in [-0.2, 0) is 10.0 Å². The van der Waals surface area contributed by atoms with Gasteiger partial charge in [-0.15, -0.1) is 0 Å². The first-order valence-corrected chi connectivity index (χ1v) is 8.30. The molecule has 8 heteroatoms. The molecular weight excluding hydrogens is 320 g/mol. The molecule has 0 amide bonds. The molecule has 0 atom stereocenters. The fraction of sp³-hybridized carbons (Fsp3) is 0.200. The zero-order chi connectivity index (χ0) is 16.9. The van der Waals surface area contributed by atoms with Crippen molar-refractivity contribution in [1.29, 1.82) is 0 Å². The highest BCUT2D eigenvalue weighted by Gasteiger charge is 2.15. The van der Waals surface area contributed by atoms with Crippen LogP contribution in [0, 0.1) is 17.0 Å². The summed E-state index contributed by atoms with van der Waals surface area (Å²) in [5, 5.41) is 10.6. The second kappa shape index (κ2) is 7.21. The third kappa shape index (κ3) is 4.76. The lowest BCUT2D eigenvalue weighted by Crippen LogP contribution is -2.28. The molecule has 0 aliphatic carbocycles. The molecule has 0 bridgehead atoms. The Balaban J connectivity index is 1.90. The first-order valence-electron chi connectivity index (χ1n) is 6.82. The summed E-state index contributed by atoms with van der Waals surface area (Å²) in [6.07, 6.45) is 0. The molecule has 0 heterocycles. The Hall–Kier alpha value is -2.45. The van der Waals surface area contributed by atoms with Crippen molar-refractivity contribution in [3.05, 3.63) is 64.2 Å². The molecule has 1 N–H and O–H groups in total. The van der Waals surface area contributed by atoms with E-state index in [1.165, 1.54) is 12.1 Å². The van der Waals surface area contributed by atoms with Crippen molar-refractivity contribution in [2.24, 2.45) is 0 Å². The molecule has 0 unspecified atom stereocenters. The van der Waals surface area contributed by atoms with Crippen LogP contribution in [0.4, 0.5) is 5.69 Å². The molecular formula is C15H16N2O5S. The number of rotatable bonds is 7. The van der Waals surface area contributed by atoms with Crippen molar-refractivity contribution in [3.63, 3.8) is 0 Å². The van der Waals surface area contributed by atoms with Crippen LogP contribution in [0.3, 0.4) is 0 Å². The van der Waals surface area contributed by atoms with E-state index in [9.17, 15) is 18.5 Å². The van der Waals surface area contributed by atoms with Crippen LogP contribution in [-0.4, -0.2) is 26.5 Å². The maximum absolute atomic E-state index is 12.0. The number of non-ortho nitro benzene ring substituents is 1. The Kier molecular flexibility index (Phi) is 5.30. The fourth-order valence-electron chi connectivity index (χ4n) is 1.88. The van der Waals surface area contributed by atoms with Crippen molar-refractivity contribution in [2.75, 3.05) is 13.2 Å². The van der Waals surface area contributed by atoms with Crippen molar-refractivity contribution in [1.82, 2.24) is 4.72 Å². The lowest BCUT2D eigenvalue weighted by Gasteiger charge is -2.09. The fourth-order valence-corrected chi connectivity index (χ4v) is 2.89. The van der Waals surface area contributed by atoms with E-state index >= 15 is 0 Å². The van der Waals surface area contributed by atoms with Gasteiger partial charge >= 0.3 is 0 Å². The number of hydrogen-bond donors (Lipinski definition) is 1. The quantitative estimate of drug-likeness (QED) is 0.475. The van der Waals surface area contributed by atoms with Gasteiger partial charge in [0.25, 0.3) is 5.69 Å². The zero-order valence-electron chi connectivity index (χ0n) is 12.4. The number of aryl methyl sites for hydroxylation is 1. The summed E-state index contributed by atoms with van der Waals surface area (Å²) in [6, 6.07) is 12.1. The van der Waals surface area contributed by atoms with Crippen LogP contribution >= 0.6 is 0 Å². The first kappa shape index (κ1) is 16.9. The van der Waals surface area contributed by atoms with E-state index in [4.69, 9.17) is 4.74 Å². The molecule has 2 aromatic rings. The third-order valence-corrected chi connectivity index (χ3v) is 4.49. The van der Waals surface area contributed by atoms with Crippen molar-refractivity contribution < 1.29 is 18.1 Å². The maximum Gasteiger partial charge on any atom is 0.269 e. The van der Waals surface area contributed by atoms with Crippen LogP contribution in [0.2, 0.25) is 0 Å². The second-order valence-electron chi connectivity index (χ2n) is 4.81. The number of nitrogens with one attached hydrogen (secondary N) is 1. The van der Waals surface area contributed by atoms with Crippen molar-refractivity contribution in [2.45, 2.75) is 11.8 Å². The Morgan fingerprint density at radius 2 is 1.87 bits per heavy atom. The van der Waals surface area contributed by atoms with E-state index < -0.39 is 14.9 Å². The minimum Gasteiger partial charge on any atom is -0.492 e. The number of ether oxygens (including phenoxy) is 1. The van der Waals surface area contributed by atoms with Gasteiger partial charge in [0.15, 0.2) is 0 Å². The van der Waals surface area contributed by atoms with Crippen LogP contribution in [0.25, 0.3) is 0 Å². The SMILES string of the molecule is Cc1cccc(OCCNS(=O)(=O)c2ccc([N+](=O)[O-])cc2)c1. The normalized spacial score (nSPS) is 11.2. The Bertz CT molecular complexity index is 788. The predicted octanol–water partition coefficient (Wildman–Crippen LogP) is 2.26. The average molecular weight is 336 g/mol. The van der Waals surface area contributed by atoms with E-state index in [-0.39, 0.29) is 23.7 Å². The van der Waals surface area contributed by atoms with E-state index in [0.717, 1.165) is 17.7 Å². The average Bonchev–Trinajstić information content (AvgIpc) is 2.52. The van der Waals surface area contributed by atoms with Gasteiger partial charge in [-0.25, -0.2) is 13.1 Å². The molecule has 0 spiro atoms. The number of hydrogen-bond acceptors (Lipinski definition) is 5. The predicted molar refractivity (Wildman–Crippen MR) is 85.0 cm³/mol. The number of nitrogens with zero attached hydrogens (tertiary/aromatic N) is 1. The largest absolute Gasteiger partial charge is 0.492 e. The minimum atomic E-state index is -3.72. The number of nitro groups is 1. The third-order valence-electron chi connectivity index (χ3n) is 3.01. The molecule has 0 aromatic heterocycles. The standard InChI is InChI=1S/C15H16N2O5S/c1-12-3-2-4-14(11-12)22-10-9-16-23(20,21)15-7-5-13(6-8-15)17(18)19/h2-8,11,16H,9-10H2,1H3. The van der Waals surface area contributed by atoms with E-state index in [1.54, 1.807) is 6.07 Å². The molecule has 0 fully saturated rings. The van der Waals surface area contributed by atoms with Crippen LogP contribution in [0.5, 0.6) is 5.75 Å². The molecule has 0 saturated heterocycles. The monoisotopic (exact) mass is 336 g/mol. The molecule has 23 heavy (non-hydrogen) atoms. The summed E-state index contributed by atoms with van der Waals surface area (Å²) in [4.78, 5) is 9.94. The van der Waals surface area contributed by atoms with Gasteiger partial charge in [0.2, 0.25) is 10.0 Å². The molecule has 0 aliphatic rings. The van der Waals surface area contributed by atoms with Crippen LogP contribution in [0.15, 0.2) is 53.4 Å². The number of nitro benzene ring substituents is 1. The summed E-state index contributed by atoms with van der Waals surface area (Å²) < 4.78 is 31.9. The van der Waals surface area contributed by atoms with Gasteiger partial charge in [0.05, 0.1) is 9.82 Å². The molecule has 2 aromatic carbocycles. The van der Waals surface area contributed by atoms with Crippen molar-refractivity contribution in [3.8, 4) is 5.75 Å².